The maximum atomic E-state index is 13.8. The molecular formula is C44H48IN5O9. The third-order valence-corrected chi connectivity index (χ3v) is 10.5. The van der Waals surface area contributed by atoms with Gasteiger partial charge in [0.1, 0.15) is 29.7 Å². The smallest absolute Gasteiger partial charge is 0.408 e. The second kappa shape index (κ2) is 18.8. The van der Waals surface area contributed by atoms with Crippen molar-refractivity contribution in [1.29, 1.82) is 0 Å². The van der Waals surface area contributed by atoms with E-state index in [-0.39, 0.29) is 78.0 Å². The molecule has 2 aliphatic rings. The second-order valence-corrected chi connectivity index (χ2v) is 16.3. The van der Waals surface area contributed by atoms with Crippen molar-refractivity contribution >= 4 is 63.6 Å². The summed E-state index contributed by atoms with van der Waals surface area (Å²) in [4.78, 5) is 66.3. The summed E-state index contributed by atoms with van der Waals surface area (Å²) < 4.78 is 11.7. The Bertz CT molecular complexity index is 2210. The molecule has 0 spiro atoms. The van der Waals surface area contributed by atoms with Gasteiger partial charge in [0.05, 0.1) is 22.3 Å². The first-order chi connectivity index (χ1) is 28.3. The molecule has 15 heteroatoms. The molecular weight excluding hydrogens is 869 g/mol. The molecule has 0 saturated heterocycles. The van der Waals surface area contributed by atoms with Crippen LogP contribution < -0.4 is 26.6 Å². The first kappa shape index (κ1) is 42.8. The molecule has 14 nitrogen and oxygen atoms in total. The van der Waals surface area contributed by atoms with Gasteiger partial charge in [0.15, 0.2) is 0 Å². The lowest BCUT2D eigenvalue weighted by molar-refractivity contribution is -0.123. The molecule has 3 amide bonds. The Labute approximate surface area is 356 Å². The standard InChI is InChI=1S/C44H48IN5O9/c1-44(2,3)59-43(57)50-32(14-8-9-20-49-42(56)58-24-29-27-12-6-4-10-25(27)26-11-5-7-13-28(26)29)41(55)48-23-22-47-31-16-18-34(52)38-36(31)40(54)37-33(51)17-15-30(46-21-19-45)35(37)39(38)53/h4-7,10-13,15-18,29,32,46-47,51-52H,8-9,14,19-24H2,1-3H3,(H,48,55)(H,49,56)(H,50,57). The molecule has 1 atom stereocenters. The molecule has 0 fully saturated rings. The van der Waals surface area contributed by atoms with Crippen molar-refractivity contribution in [3.8, 4) is 22.6 Å². The second-order valence-electron chi connectivity index (χ2n) is 15.2. The molecule has 4 aromatic carbocycles. The van der Waals surface area contributed by atoms with E-state index in [1.165, 1.54) is 24.3 Å². The number of anilines is 2. The fourth-order valence-electron chi connectivity index (χ4n) is 7.38. The number of phenolic OH excluding ortho intramolecular Hbond substituents is 2. The Morgan fingerprint density at radius 2 is 1.25 bits per heavy atom. The zero-order valence-corrected chi connectivity index (χ0v) is 35.2. The molecule has 1 unspecified atom stereocenters. The van der Waals surface area contributed by atoms with E-state index in [1.54, 1.807) is 20.8 Å². The van der Waals surface area contributed by atoms with Crippen molar-refractivity contribution < 1.29 is 43.7 Å². The number of hydrogen-bond donors (Lipinski definition) is 7. The van der Waals surface area contributed by atoms with Crippen molar-refractivity contribution in [3.63, 3.8) is 0 Å². The first-order valence-electron chi connectivity index (χ1n) is 19.5. The van der Waals surface area contributed by atoms with Crippen molar-refractivity contribution in [3.05, 3.63) is 106 Å². The number of aromatic hydroxyl groups is 2. The van der Waals surface area contributed by atoms with E-state index in [9.17, 15) is 34.2 Å². The van der Waals surface area contributed by atoms with E-state index < -0.39 is 41.3 Å². The number of fused-ring (bicyclic) bond motifs is 5. The van der Waals surface area contributed by atoms with Gasteiger partial charge in [0.25, 0.3) is 0 Å². The summed E-state index contributed by atoms with van der Waals surface area (Å²) in [5, 5.41) is 35.8. The molecule has 0 aliphatic heterocycles. The Kier molecular flexibility index (Phi) is 13.6. The fraction of sp³-hybridized carbons (Fsp3) is 0.341. The molecule has 0 bridgehead atoms. The summed E-state index contributed by atoms with van der Waals surface area (Å²) in [5.41, 5.74) is 3.87. The summed E-state index contributed by atoms with van der Waals surface area (Å²) in [5.74, 6) is -2.53. The number of hydrogen-bond acceptors (Lipinski definition) is 11. The average Bonchev–Trinajstić information content (AvgIpc) is 3.52. The molecule has 4 aromatic rings. The van der Waals surface area contributed by atoms with Crippen LogP contribution in [-0.2, 0) is 14.3 Å². The number of alkyl carbamates (subject to hydrolysis) is 2. The highest BCUT2D eigenvalue weighted by Crippen LogP contribution is 2.45. The third-order valence-electron chi connectivity index (χ3n) is 9.96. The highest BCUT2D eigenvalue weighted by molar-refractivity contribution is 14.1. The molecule has 0 heterocycles. The lowest BCUT2D eigenvalue weighted by Crippen LogP contribution is -2.49. The maximum absolute atomic E-state index is 13.8. The van der Waals surface area contributed by atoms with Gasteiger partial charge in [-0.05, 0) is 86.6 Å². The van der Waals surface area contributed by atoms with Crippen LogP contribution in [0, 0.1) is 0 Å². The monoisotopic (exact) mass is 917 g/mol. The van der Waals surface area contributed by atoms with Crippen LogP contribution in [0.15, 0.2) is 72.8 Å². The molecule has 0 aromatic heterocycles. The number of carbonyl (C=O) groups is 5. The van der Waals surface area contributed by atoms with Crippen LogP contribution in [0.1, 0.15) is 88.9 Å². The average molecular weight is 918 g/mol. The van der Waals surface area contributed by atoms with E-state index in [1.807, 2.05) is 24.3 Å². The van der Waals surface area contributed by atoms with Crippen LogP contribution in [0.3, 0.4) is 0 Å². The minimum absolute atomic E-state index is 0.0105. The summed E-state index contributed by atoms with van der Waals surface area (Å²) in [6.45, 7) is 6.29. The molecule has 2 aliphatic carbocycles. The minimum atomic E-state index is -0.964. The number of alkyl halides is 1. The van der Waals surface area contributed by atoms with Gasteiger partial charge in [-0.15, -0.1) is 0 Å². The topological polar surface area (TPSA) is 204 Å². The van der Waals surface area contributed by atoms with Crippen LogP contribution in [-0.4, -0.2) is 88.7 Å². The first-order valence-corrected chi connectivity index (χ1v) is 21.0. The van der Waals surface area contributed by atoms with E-state index in [0.29, 0.717) is 25.1 Å². The van der Waals surface area contributed by atoms with E-state index in [0.717, 1.165) is 26.7 Å². The van der Waals surface area contributed by atoms with Gasteiger partial charge in [0.2, 0.25) is 17.5 Å². The van der Waals surface area contributed by atoms with Crippen LogP contribution in [0.2, 0.25) is 0 Å². The van der Waals surface area contributed by atoms with Gasteiger partial charge in [-0.3, -0.25) is 14.4 Å². The fourth-order valence-corrected chi connectivity index (χ4v) is 7.65. The van der Waals surface area contributed by atoms with Crippen molar-refractivity contribution in [2.24, 2.45) is 0 Å². The molecule has 7 N–H and O–H groups in total. The predicted molar refractivity (Wildman–Crippen MR) is 232 cm³/mol. The maximum Gasteiger partial charge on any atom is 0.408 e. The van der Waals surface area contributed by atoms with Crippen LogP contribution in [0.4, 0.5) is 21.0 Å². The van der Waals surface area contributed by atoms with Gasteiger partial charge in [-0.2, -0.15) is 0 Å². The number of nitrogens with one attached hydrogen (secondary N) is 5. The number of carbonyl (C=O) groups excluding carboxylic acids is 5. The third kappa shape index (κ3) is 9.90. The largest absolute Gasteiger partial charge is 0.507 e. The summed E-state index contributed by atoms with van der Waals surface area (Å²) >= 11 is 2.17. The zero-order valence-electron chi connectivity index (χ0n) is 33.1. The number of benzene rings is 4. The van der Waals surface area contributed by atoms with Gasteiger partial charge >= 0.3 is 12.2 Å². The summed E-state index contributed by atoms with van der Waals surface area (Å²) in [7, 11) is 0. The number of ketones is 2. The number of phenols is 2. The van der Waals surface area contributed by atoms with Crippen LogP contribution in [0.25, 0.3) is 11.1 Å². The lowest BCUT2D eigenvalue weighted by atomic mass is 9.81. The van der Waals surface area contributed by atoms with E-state index in [2.05, 4.69) is 73.4 Å². The highest BCUT2D eigenvalue weighted by atomic mass is 127. The van der Waals surface area contributed by atoms with Gasteiger partial charge in [-0.1, -0.05) is 71.1 Å². The molecule has 0 radical (unpaired) electrons. The SMILES string of the molecule is CC(C)(C)OC(=O)NC(CCCCNC(=O)OCC1c2ccccc2-c2ccccc21)C(=O)NCCNc1ccc(O)c2c1C(=O)c1c(O)ccc(NCCI)c1C2=O. The molecule has 59 heavy (non-hydrogen) atoms. The zero-order chi connectivity index (χ0) is 42.3. The highest BCUT2D eigenvalue weighted by Gasteiger charge is 2.38. The van der Waals surface area contributed by atoms with Crippen molar-refractivity contribution in [2.45, 2.75) is 57.6 Å². The predicted octanol–water partition coefficient (Wildman–Crippen LogP) is 6.85. The number of halogens is 1. The summed E-state index contributed by atoms with van der Waals surface area (Å²) in [6.07, 6.45) is -0.100. The Hall–Kier alpha value is -5.84. The molecule has 310 valence electrons. The number of ether oxygens (including phenoxy) is 2. The number of amides is 3. The number of rotatable bonds is 16. The minimum Gasteiger partial charge on any atom is -0.507 e. The normalized spacial score (nSPS) is 13.3. The molecule has 6 rings (SSSR count). The van der Waals surface area contributed by atoms with Gasteiger partial charge < -0.3 is 46.3 Å². The van der Waals surface area contributed by atoms with Crippen molar-refractivity contribution in [1.82, 2.24) is 16.0 Å². The summed E-state index contributed by atoms with van der Waals surface area (Å²) in [6, 6.07) is 20.8. The Morgan fingerprint density at radius 3 is 1.81 bits per heavy atom. The van der Waals surface area contributed by atoms with E-state index >= 15 is 0 Å². The Balaban J connectivity index is 1.01. The van der Waals surface area contributed by atoms with Crippen molar-refractivity contribution in [2.75, 3.05) is 47.8 Å². The van der Waals surface area contributed by atoms with Gasteiger partial charge in [0, 0.05) is 47.9 Å². The van der Waals surface area contributed by atoms with Crippen LogP contribution in [0.5, 0.6) is 11.5 Å². The molecule has 0 saturated carbocycles. The number of unbranched alkanes of at least 4 members (excludes halogenated alkanes) is 1. The quantitative estimate of drug-likeness (QED) is 0.0236. The lowest BCUT2D eigenvalue weighted by Gasteiger charge is -2.25. The Morgan fingerprint density at radius 1 is 0.695 bits per heavy atom. The van der Waals surface area contributed by atoms with Crippen LogP contribution >= 0.6 is 22.6 Å². The van der Waals surface area contributed by atoms with Gasteiger partial charge in [-0.25, -0.2) is 9.59 Å². The van der Waals surface area contributed by atoms with E-state index in [4.69, 9.17) is 9.47 Å².